The molecule has 0 saturated carbocycles. The molecule has 38 valence electrons. The minimum Gasteiger partial charge on any atom is -0.384 e. The molecule has 0 aromatic rings. The second kappa shape index (κ2) is 19.5. The molecule has 1 heteroatoms. The number of hydrogen-bond acceptors (Lipinski definition) is 1. The van der Waals surface area contributed by atoms with Crippen LogP contribution in [0.2, 0.25) is 0 Å². The van der Waals surface area contributed by atoms with Gasteiger partial charge in [-0.1, -0.05) is 5.92 Å². The van der Waals surface area contributed by atoms with Crippen LogP contribution in [0.1, 0.15) is 6.92 Å². The van der Waals surface area contributed by atoms with Crippen molar-refractivity contribution in [2.75, 3.05) is 6.61 Å². The van der Waals surface area contributed by atoms with Crippen LogP contribution in [0.3, 0.4) is 0 Å². The Bertz CT molecular complexity index is 81.3. The quantitative estimate of drug-likeness (QED) is 0.429. The molecule has 0 unspecified atom stereocenters. The molecule has 0 amide bonds. The van der Waals surface area contributed by atoms with Gasteiger partial charge in [-0.25, -0.2) is 0 Å². The topological polar surface area (TPSA) is 20.2 Å². The van der Waals surface area contributed by atoms with E-state index in [-0.39, 0.29) is 6.61 Å². The fourth-order valence-corrected chi connectivity index (χ4v) is 0. The molecule has 0 saturated heterocycles. The summed E-state index contributed by atoms with van der Waals surface area (Å²) in [5, 5.41) is 7.64. The van der Waals surface area contributed by atoms with Gasteiger partial charge in [0.2, 0.25) is 0 Å². The number of hydrogen-bond donors (Lipinski definition) is 1. The Morgan fingerprint density at radius 3 is 1.71 bits per heavy atom. The average molecular weight is 96.1 g/mol. The van der Waals surface area contributed by atoms with Crippen molar-refractivity contribution in [2.24, 2.45) is 0 Å². The lowest BCUT2D eigenvalue weighted by molar-refractivity contribution is 0.351. The maximum atomic E-state index is 7.64. The smallest absolute Gasteiger partial charge is 0.103 e. The zero-order chi connectivity index (χ0) is 6.12. The van der Waals surface area contributed by atoms with Gasteiger partial charge in [-0.05, 0) is 6.92 Å². The predicted molar refractivity (Wildman–Crippen MR) is 30.4 cm³/mol. The largest absolute Gasteiger partial charge is 0.384 e. The highest BCUT2D eigenvalue weighted by molar-refractivity contribution is 4.81. The molecule has 0 atom stereocenters. The van der Waals surface area contributed by atoms with Gasteiger partial charge in [0.05, 0.1) is 0 Å². The molecule has 0 aliphatic heterocycles. The van der Waals surface area contributed by atoms with E-state index in [1.165, 1.54) is 0 Å². The number of rotatable bonds is 0. The molecule has 0 rings (SSSR count). The summed E-state index contributed by atoms with van der Waals surface area (Å²) >= 11 is 0. The molecule has 0 aliphatic carbocycles. The molecule has 1 N–H and O–H groups in total. The maximum absolute atomic E-state index is 7.64. The predicted octanol–water partition coefficient (Wildman–Crippen LogP) is 0.251. The first-order valence-corrected chi connectivity index (χ1v) is 1.75. The minimum atomic E-state index is -0.153. The van der Waals surface area contributed by atoms with Crippen LogP contribution in [-0.2, 0) is 0 Å². The summed E-state index contributed by atoms with van der Waals surface area (Å²) in [6.45, 7) is 1.50. The highest BCUT2D eigenvalue weighted by atomic mass is 16.2. The van der Waals surface area contributed by atoms with Gasteiger partial charge < -0.3 is 5.11 Å². The van der Waals surface area contributed by atoms with Gasteiger partial charge in [-0.2, -0.15) is 0 Å². The number of aliphatic hydroxyl groups excluding tert-OH is 1. The summed E-state index contributed by atoms with van der Waals surface area (Å²) in [5.74, 6) is 4.24. The Labute approximate surface area is 44.4 Å². The lowest BCUT2D eigenvalue weighted by Crippen LogP contribution is -1.64. The summed E-state index contributed by atoms with van der Waals surface area (Å²) in [4.78, 5) is 0. The molecule has 0 aliphatic rings. The maximum Gasteiger partial charge on any atom is 0.103 e. The van der Waals surface area contributed by atoms with E-state index in [0.717, 1.165) is 0 Å². The highest BCUT2D eigenvalue weighted by Crippen LogP contribution is 1.34. The Morgan fingerprint density at radius 1 is 1.57 bits per heavy atom. The summed E-state index contributed by atoms with van der Waals surface area (Å²) in [6, 6.07) is 0. The summed E-state index contributed by atoms with van der Waals surface area (Å²) in [7, 11) is 0. The van der Waals surface area contributed by atoms with Crippen LogP contribution in [0.15, 0.2) is 0 Å². The van der Waals surface area contributed by atoms with Crippen LogP contribution >= 0.6 is 0 Å². The lowest BCUT2D eigenvalue weighted by Gasteiger charge is -1.55. The highest BCUT2D eigenvalue weighted by Gasteiger charge is 1.43. The fourth-order valence-electron chi connectivity index (χ4n) is 0. The van der Waals surface area contributed by atoms with E-state index in [0.29, 0.717) is 0 Å². The van der Waals surface area contributed by atoms with E-state index in [4.69, 9.17) is 5.11 Å². The van der Waals surface area contributed by atoms with Crippen LogP contribution in [0, 0.1) is 24.7 Å². The van der Waals surface area contributed by atoms with Crippen molar-refractivity contribution < 1.29 is 5.11 Å². The van der Waals surface area contributed by atoms with E-state index in [9.17, 15) is 0 Å². The van der Waals surface area contributed by atoms with E-state index in [1.807, 2.05) is 5.92 Å². The summed E-state index contributed by atoms with van der Waals surface area (Å²) < 4.78 is 0. The van der Waals surface area contributed by atoms with E-state index >= 15 is 0 Å². The molecule has 0 heterocycles. The van der Waals surface area contributed by atoms with Crippen LogP contribution in [-0.4, -0.2) is 11.7 Å². The molecular formula is C6H8O. The third-order valence-electron chi connectivity index (χ3n) is 0.0913. The lowest BCUT2D eigenvalue weighted by atomic mass is 10.8. The zero-order valence-corrected chi connectivity index (χ0v) is 4.31. The molecule has 0 aromatic heterocycles. The van der Waals surface area contributed by atoms with Gasteiger partial charge >= 0.3 is 0 Å². The number of terminal acetylenes is 2. The van der Waals surface area contributed by atoms with Gasteiger partial charge in [0.15, 0.2) is 0 Å². The normalized spacial score (nSPS) is 4.00. The SMILES string of the molecule is C#CC.C#CCO. The Balaban J connectivity index is 0. The third-order valence-corrected chi connectivity index (χ3v) is 0.0913. The Morgan fingerprint density at radius 2 is 1.71 bits per heavy atom. The zero-order valence-electron chi connectivity index (χ0n) is 4.31. The molecule has 0 bridgehead atoms. The van der Waals surface area contributed by atoms with Crippen molar-refractivity contribution >= 4 is 0 Å². The van der Waals surface area contributed by atoms with Gasteiger partial charge in [0, 0.05) is 0 Å². The fraction of sp³-hybridized carbons (Fsp3) is 0.333. The molecule has 0 radical (unpaired) electrons. The van der Waals surface area contributed by atoms with Crippen molar-refractivity contribution in [2.45, 2.75) is 6.92 Å². The van der Waals surface area contributed by atoms with Crippen LogP contribution < -0.4 is 0 Å². The second-order valence-corrected chi connectivity index (χ2v) is 0.651. The first-order chi connectivity index (χ1) is 3.33. The first-order valence-electron chi connectivity index (χ1n) is 1.75. The van der Waals surface area contributed by atoms with Gasteiger partial charge in [-0.3, -0.25) is 0 Å². The van der Waals surface area contributed by atoms with E-state index in [1.54, 1.807) is 6.92 Å². The van der Waals surface area contributed by atoms with Gasteiger partial charge in [-0.15, -0.1) is 18.8 Å². The van der Waals surface area contributed by atoms with Gasteiger partial charge in [0.25, 0.3) is 0 Å². The van der Waals surface area contributed by atoms with Crippen LogP contribution in [0.4, 0.5) is 0 Å². The summed E-state index contributed by atoms with van der Waals surface area (Å²) in [5.41, 5.74) is 0. The van der Waals surface area contributed by atoms with Crippen molar-refractivity contribution in [1.29, 1.82) is 0 Å². The molecule has 1 nitrogen and oxygen atoms in total. The standard InChI is InChI=1S/C3H4O.C3H4/c1-2-3-4;1-3-2/h1,4H,3H2;1H,2H3. The summed E-state index contributed by atoms with van der Waals surface area (Å²) in [6.07, 6.45) is 9.12. The van der Waals surface area contributed by atoms with Crippen LogP contribution in [0.25, 0.3) is 0 Å². The monoisotopic (exact) mass is 96.1 g/mol. The molecule has 0 fully saturated rings. The van der Waals surface area contributed by atoms with Crippen LogP contribution in [0.5, 0.6) is 0 Å². The minimum absolute atomic E-state index is 0.153. The molecular weight excluding hydrogens is 88.1 g/mol. The van der Waals surface area contributed by atoms with Crippen molar-refractivity contribution in [3.8, 4) is 24.7 Å². The molecule has 0 spiro atoms. The van der Waals surface area contributed by atoms with E-state index in [2.05, 4.69) is 18.8 Å². The van der Waals surface area contributed by atoms with E-state index < -0.39 is 0 Å². The molecule has 7 heavy (non-hydrogen) atoms. The van der Waals surface area contributed by atoms with Crippen molar-refractivity contribution in [3.63, 3.8) is 0 Å². The van der Waals surface area contributed by atoms with Crippen molar-refractivity contribution in [1.82, 2.24) is 0 Å². The average Bonchev–Trinajstić information content (AvgIpc) is 1.69. The first kappa shape index (κ1) is 9.43. The number of aliphatic hydroxyl groups is 1. The third kappa shape index (κ3) is 7530. The van der Waals surface area contributed by atoms with Crippen molar-refractivity contribution in [3.05, 3.63) is 0 Å². The Hall–Kier alpha value is -0.920. The second-order valence-electron chi connectivity index (χ2n) is 0.651. The van der Waals surface area contributed by atoms with Gasteiger partial charge in [0.1, 0.15) is 6.61 Å². The Kier molecular flexibility index (Phi) is 26.3. The molecule has 0 aromatic carbocycles.